The van der Waals surface area contributed by atoms with Crippen molar-refractivity contribution in [3.05, 3.63) is 53.6 Å². The zero-order valence-corrected chi connectivity index (χ0v) is 17.4. The molecule has 0 saturated heterocycles. The molecular formula is C22H26F2N2O4. The van der Waals surface area contributed by atoms with Gasteiger partial charge in [-0.3, -0.25) is 4.79 Å². The van der Waals surface area contributed by atoms with Crippen molar-refractivity contribution in [1.29, 1.82) is 0 Å². The second-order valence-corrected chi connectivity index (χ2v) is 7.34. The zero-order chi connectivity index (χ0) is 22.1. The second-order valence-electron chi connectivity index (χ2n) is 7.34. The molecule has 2 aromatic carbocycles. The van der Waals surface area contributed by atoms with Crippen molar-refractivity contribution in [2.45, 2.75) is 39.7 Å². The number of nitrogens with one attached hydrogen (secondary N) is 1. The highest BCUT2D eigenvalue weighted by molar-refractivity contribution is 5.86. The molecule has 0 radical (unpaired) electrons. The van der Waals surface area contributed by atoms with E-state index in [0.29, 0.717) is 5.75 Å². The lowest BCUT2D eigenvalue weighted by molar-refractivity contribution is -0.123. The van der Waals surface area contributed by atoms with Gasteiger partial charge in [0.05, 0.1) is 12.8 Å². The Morgan fingerprint density at radius 2 is 1.83 bits per heavy atom. The molecule has 6 nitrogen and oxygen atoms in total. The molecule has 162 valence electrons. The van der Waals surface area contributed by atoms with Crippen molar-refractivity contribution in [2.24, 2.45) is 5.10 Å². The molecule has 0 atom stereocenters. The Labute approximate surface area is 174 Å². The van der Waals surface area contributed by atoms with Crippen LogP contribution in [-0.4, -0.2) is 31.9 Å². The molecular weight excluding hydrogens is 394 g/mol. The Hall–Kier alpha value is -3.16. The number of para-hydroxylation sites is 1. The monoisotopic (exact) mass is 420 g/mol. The highest BCUT2D eigenvalue weighted by atomic mass is 19.3. The van der Waals surface area contributed by atoms with E-state index in [0.717, 1.165) is 5.56 Å². The maximum absolute atomic E-state index is 12.7. The summed E-state index contributed by atoms with van der Waals surface area (Å²) in [5.41, 5.74) is 3.70. The number of benzene rings is 2. The van der Waals surface area contributed by atoms with Crippen LogP contribution in [0.15, 0.2) is 47.6 Å². The minimum absolute atomic E-state index is 0.0248. The number of nitrogens with zero attached hydrogens (tertiary/aromatic N) is 1. The SMILES string of the molecule is CCOc1cccc(/C=N\NC(=O)COc2ccc(C(C)(C)C)cc2)c1OC(F)F. The van der Waals surface area contributed by atoms with Gasteiger partial charge in [0, 0.05) is 5.56 Å². The van der Waals surface area contributed by atoms with Crippen LogP contribution in [0.3, 0.4) is 0 Å². The maximum Gasteiger partial charge on any atom is 0.387 e. The normalized spacial score (nSPS) is 11.6. The van der Waals surface area contributed by atoms with Crippen molar-refractivity contribution in [2.75, 3.05) is 13.2 Å². The molecule has 0 aromatic heterocycles. The van der Waals surface area contributed by atoms with Gasteiger partial charge in [-0.15, -0.1) is 0 Å². The number of carbonyl (C=O) groups excluding carboxylic acids is 1. The van der Waals surface area contributed by atoms with E-state index in [2.05, 4.69) is 36.0 Å². The summed E-state index contributed by atoms with van der Waals surface area (Å²) in [6.45, 7) is 5.06. The lowest BCUT2D eigenvalue weighted by Gasteiger charge is -2.19. The quantitative estimate of drug-likeness (QED) is 0.479. The number of amides is 1. The van der Waals surface area contributed by atoms with E-state index >= 15 is 0 Å². The summed E-state index contributed by atoms with van der Waals surface area (Å²) < 4.78 is 40.7. The van der Waals surface area contributed by atoms with E-state index in [4.69, 9.17) is 9.47 Å². The highest BCUT2D eigenvalue weighted by Gasteiger charge is 2.15. The van der Waals surface area contributed by atoms with Gasteiger partial charge in [-0.25, -0.2) is 5.43 Å². The van der Waals surface area contributed by atoms with Gasteiger partial charge in [0.15, 0.2) is 18.1 Å². The Kier molecular flexibility index (Phi) is 8.15. The third kappa shape index (κ3) is 7.02. The van der Waals surface area contributed by atoms with Crippen LogP contribution in [0.4, 0.5) is 8.78 Å². The third-order valence-electron chi connectivity index (χ3n) is 4.00. The molecule has 8 heteroatoms. The predicted octanol–water partition coefficient (Wildman–Crippen LogP) is 4.51. The van der Waals surface area contributed by atoms with Crippen molar-refractivity contribution < 1.29 is 27.8 Å². The molecule has 0 aliphatic heterocycles. The van der Waals surface area contributed by atoms with Gasteiger partial charge >= 0.3 is 6.61 Å². The smallest absolute Gasteiger partial charge is 0.387 e. The number of hydrogen-bond acceptors (Lipinski definition) is 5. The third-order valence-corrected chi connectivity index (χ3v) is 4.00. The number of rotatable bonds is 9. The van der Waals surface area contributed by atoms with Crippen molar-refractivity contribution >= 4 is 12.1 Å². The lowest BCUT2D eigenvalue weighted by atomic mass is 9.87. The van der Waals surface area contributed by atoms with E-state index in [9.17, 15) is 13.6 Å². The van der Waals surface area contributed by atoms with E-state index in [1.54, 1.807) is 25.1 Å². The van der Waals surface area contributed by atoms with Crippen LogP contribution in [0.25, 0.3) is 0 Å². The Balaban J connectivity index is 1.95. The Morgan fingerprint density at radius 1 is 1.13 bits per heavy atom. The number of halogens is 2. The molecule has 0 aliphatic rings. The zero-order valence-electron chi connectivity index (χ0n) is 17.4. The van der Waals surface area contributed by atoms with Crippen molar-refractivity contribution in [3.8, 4) is 17.2 Å². The Morgan fingerprint density at radius 3 is 2.43 bits per heavy atom. The number of hydrazone groups is 1. The fraction of sp³-hybridized carbons (Fsp3) is 0.364. The minimum Gasteiger partial charge on any atom is -0.490 e. The summed E-state index contributed by atoms with van der Waals surface area (Å²) in [6, 6.07) is 12.1. The molecule has 0 spiro atoms. The fourth-order valence-corrected chi connectivity index (χ4v) is 2.52. The minimum atomic E-state index is -3.02. The summed E-state index contributed by atoms with van der Waals surface area (Å²) in [5, 5.41) is 3.78. The van der Waals surface area contributed by atoms with Gasteiger partial charge < -0.3 is 14.2 Å². The van der Waals surface area contributed by atoms with Gasteiger partial charge in [0.2, 0.25) is 0 Å². The summed E-state index contributed by atoms with van der Waals surface area (Å²) in [5.74, 6) is 0.0697. The number of hydrogen-bond donors (Lipinski definition) is 1. The molecule has 0 unspecified atom stereocenters. The molecule has 0 saturated carbocycles. The average Bonchev–Trinajstić information content (AvgIpc) is 2.68. The molecule has 1 N–H and O–H groups in total. The van der Waals surface area contributed by atoms with Crippen molar-refractivity contribution in [3.63, 3.8) is 0 Å². The highest BCUT2D eigenvalue weighted by Crippen LogP contribution is 2.31. The van der Waals surface area contributed by atoms with Crippen LogP contribution in [0.2, 0.25) is 0 Å². The maximum atomic E-state index is 12.7. The van der Waals surface area contributed by atoms with Gasteiger partial charge in [-0.2, -0.15) is 13.9 Å². The van der Waals surface area contributed by atoms with Crippen molar-refractivity contribution in [1.82, 2.24) is 5.43 Å². The fourth-order valence-electron chi connectivity index (χ4n) is 2.52. The topological polar surface area (TPSA) is 69.2 Å². The van der Waals surface area contributed by atoms with Crippen LogP contribution in [0, 0.1) is 0 Å². The first-order valence-corrected chi connectivity index (χ1v) is 9.46. The van der Waals surface area contributed by atoms with Gasteiger partial charge in [0.1, 0.15) is 5.75 Å². The molecule has 0 aliphatic carbocycles. The molecule has 0 heterocycles. The van der Waals surface area contributed by atoms with Crippen LogP contribution < -0.4 is 19.6 Å². The number of alkyl halides is 2. The summed E-state index contributed by atoms with van der Waals surface area (Å²) >= 11 is 0. The van der Waals surface area contributed by atoms with E-state index < -0.39 is 12.5 Å². The van der Waals surface area contributed by atoms with Gasteiger partial charge in [-0.05, 0) is 42.2 Å². The molecule has 2 aromatic rings. The van der Waals surface area contributed by atoms with Gasteiger partial charge in [0.25, 0.3) is 5.91 Å². The lowest BCUT2D eigenvalue weighted by Crippen LogP contribution is -2.24. The molecule has 0 bridgehead atoms. The van der Waals surface area contributed by atoms with E-state index in [1.807, 2.05) is 12.1 Å². The summed E-state index contributed by atoms with van der Waals surface area (Å²) in [4.78, 5) is 11.9. The molecule has 30 heavy (non-hydrogen) atoms. The number of ether oxygens (including phenoxy) is 3. The molecule has 2 rings (SSSR count). The van der Waals surface area contributed by atoms with Crippen LogP contribution in [0.5, 0.6) is 17.2 Å². The first kappa shape index (κ1) is 23.1. The molecule has 0 fully saturated rings. The predicted molar refractivity (Wildman–Crippen MR) is 111 cm³/mol. The van der Waals surface area contributed by atoms with E-state index in [1.165, 1.54) is 18.3 Å². The standard InChI is InChI=1S/C22H26F2N2O4/c1-5-28-18-8-6-7-15(20(18)30-21(23)24)13-25-26-19(27)14-29-17-11-9-16(10-12-17)22(2,3)4/h6-13,21H,5,14H2,1-4H3,(H,26,27)/b25-13-. The van der Waals surface area contributed by atoms with Crippen LogP contribution >= 0.6 is 0 Å². The first-order valence-electron chi connectivity index (χ1n) is 9.46. The van der Waals surface area contributed by atoms with E-state index in [-0.39, 0.29) is 35.7 Å². The first-order chi connectivity index (χ1) is 14.2. The molecule has 1 amide bonds. The van der Waals surface area contributed by atoms with Gasteiger partial charge in [-0.1, -0.05) is 39.0 Å². The Bertz CT molecular complexity index is 862. The summed E-state index contributed by atoms with van der Waals surface area (Å²) in [7, 11) is 0. The van der Waals surface area contributed by atoms with Crippen LogP contribution in [-0.2, 0) is 10.2 Å². The van der Waals surface area contributed by atoms with Crippen LogP contribution in [0.1, 0.15) is 38.8 Å². The number of carbonyl (C=O) groups is 1. The summed E-state index contributed by atoms with van der Waals surface area (Å²) in [6.07, 6.45) is 1.20. The second kappa shape index (κ2) is 10.6. The largest absolute Gasteiger partial charge is 0.490 e. The average molecular weight is 420 g/mol.